The molecule has 0 aliphatic carbocycles. The molecule has 1 aromatic carbocycles. The van der Waals surface area contributed by atoms with Gasteiger partial charge in [-0.1, -0.05) is 36.4 Å². The number of rotatable bonds is 7. The Morgan fingerprint density at radius 1 is 1.20 bits per heavy atom. The van der Waals surface area contributed by atoms with E-state index in [4.69, 9.17) is 0 Å². The number of carbonyl (C=O) groups is 1. The number of hydrogen-bond acceptors (Lipinski definition) is 4. The molecule has 0 saturated carbocycles. The van der Waals surface area contributed by atoms with Gasteiger partial charge >= 0.3 is 0 Å². The average Bonchev–Trinajstić information content (AvgIpc) is 2.67. The first-order valence-corrected chi connectivity index (χ1v) is 9.87. The molecule has 1 aromatic heterocycles. The quantitative estimate of drug-likeness (QED) is 0.612. The van der Waals surface area contributed by atoms with Crippen molar-refractivity contribution in [3.8, 4) is 0 Å². The van der Waals surface area contributed by atoms with Crippen LogP contribution in [0.1, 0.15) is 24.3 Å². The van der Waals surface area contributed by atoms with Crippen molar-refractivity contribution in [2.75, 3.05) is 31.9 Å². The van der Waals surface area contributed by atoms with Gasteiger partial charge in [0.25, 0.3) is 0 Å². The summed E-state index contributed by atoms with van der Waals surface area (Å²) >= 11 is 1.67. The first-order valence-electron chi connectivity index (χ1n) is 8.89. The van der Waals surface area contributed by atoms with E-state index in [0.29, 0.717) is 19.0 Å². The van der Waals surface area contributed by atoms with Crippen molar-refractivity contribution < 1.29 is 4.79 Å². The number of pyridine rings is 1. The van der Waals surface area contributed by atoms with E-state index in [9.17, 15) is 4.79 Å². The number of amides is 1. The predicted molar refractivity (Wildman–Crippen MR) is 103 cm³/mol. The molecule has 1 aliphatic rings. The molecule has 0 spiro atoms. The molecule has 1 fully saturated rings. The van der Waals surface area contributed by atoms with Crippen molar-refractivity contribution in [1.82, 2.24) is 15.2 Å². The van der Waals surface area contributed by atoms with Crippen LogP contribution < -0.4 is 5.32 Å². The van der Waals surface area contributed by atoms with Crippen LogP contribution >= 0.6 is 11.8 Å². The summed E-state index contributed by atoms with van der Waals surface area (Å²) in [6.45, 7) is 3.16. The minimum absolute atomic E-state index is 0.121. The van der Waals surface area contributed by atoms with Crippen molar-refractivity contribution in [1.29, 1.82) is 0 Å². The Bertz CT molecular complexity index is 651. The number of carbonyl (C=O) groups excluding carboxylic acids is 1. The summed E-state index contributed by atoms with van der Waals surface area (Å²) in [6, 6.07) is 16.5. The van der Waals surface area contributed by atoms with Crippen LogP contribution in [0, 0.1) is 0 Å². The summed E-state index contributed by atoms with van der Waals surface area (Å²) in [5.41, 5.74) is 1.39. The van der Waals surface area contributed by atoms with Crippen LogP contribution in [-0.4, -0.2) is 47.7 Å². The van der Waals surface area contributed by atoms with Crippen LogP contribution in [-0.2, 0) is 4.79 Å². The van der Waals surface area contributed by atoms with Gasteiger partial charge in [-0.3, -0.25) is 9.69 Å². The van der Waals surface area contributed by atoms with Gasteiger partial charge in [-0.25, -0.2) is 4.98 Å². The molecular formula is C20H25N3OS. The van der Waals surface area contributed by atoms with Gasteiger partial charge in [0.1, 0.15) is 0 Å². The molecule has 2 aromatic rings. The van der Waals surface area contributed by atoms with Gasteiger partial charge in [-0.15, -0.1) is 11.8 Å². The van der Waals surface area contributed by atoms with Crippen molar-refractivity contribution in [3.05, 3.63) is 60.3 Å². The fourth-order valence-electron chi connectivity index (χ4n) is 3.23. The van der Waals surface area contributed by atoms with Crippen LogP contribution in [0.15, 0.2) is 59.8 Å². The van der Waals surface area contributed by atoms with E-state index in [1.807, 2.05) is 18.2 Å². The lowest BCUT2D eigenvalue weighted by molar-refractivity contribution is -0.122. The van der Waals surface area contributed by atoms with Gasteiger partial charge in [0.15, 0.2) is 0 Å². The fraction of sp³-hybridized carbons (Fsp3) is 0.400. The highest BCUT2D eigenvalue weighted by Crippen LogP contribution is 2.26. The van der Waals surface area contributed by atoms with Crippen molar-refractivity contribution >= 4 is 17.7 Å². The lowest BCUT2D eigenvalue weighted by Crippen LogP contribution is -2.42. The van der Waals surface area contributed by atoms with E-state index in [-0.39, 0.29) is 5.91 Å². The van der Waals surface area contributed by atoms with Crippen molar-refractivity contribution in [2.24, 2.45) is 0 Å². The summed E-state index contributed by atoms with van der Waals surface area (Å²) in [6.07, 6.45) is 4.16. The molecule has 2 heterocycles. The van der Waals surface area contributed by atoms with E-state index in [2.05, 4.69) is 45.5 Å². The van der Waals surface area contributed by atoms with Crippen LogP contribution in [0.3, 0.4) is 0 Å². The Kier molecular flexibility index (Phi) is 6.89. The Morgan fingerprint density at radius 3 is 2.84 bits per heavy atom. The molecule has 4 nitrogen and oxygen atoms in total. The van der Waals surface area contributed by atoms with E-state index in [0.717, 1.165) is 30.3 Å². The molecule has 1 aliphatic heterocycles. The topological polar surface area (TPSA) is 45.2 Å². The molecule has 0 unspecified atom stereocenters. The van der Waals surface area contributed by atoms with Gasteiger partial charge in [-0.05, 0) is 43.0 Å². The third-order valence-corrected chi connectivity index (χ3v) is 5.40. The number of benzene rings is 1. The van der Waals surface area contributed by atoms with E-state index in [1.54, 1.807) is 18.0 Å². The molecule has 25 heavy (non-hydrogen) atoms. The van der Waals surface area contributed by atoms with Crippen molar-refractivity contribution in [3.63, 3.8) is 0 Å². The Hall–Kier alpha value is -1.85. The summed E-state index contributed by atoms with van der Waals surface area (Å²) < 4.78 is 0. The minimum Gasteiger partial charge on any atom is -0.354 e. The zero-order valence-electron chi connectivity index (χ0n) is 14.4. The summed E-state index contributed by atoms with van der Waals surface area (Å²) in [4.78, 5) is 18.7. The molecule has 0 radical (unpaired) electrons. The average molecular weight is 356 g/mol. The van der Waals surface area contributed by atoms with Gasteiger partial charge < -0.3 is 5.32 Å². The van der Waals surface area contributed by atoms with Crippen LogP contribution in [0.25, 0.3) is 0 Å². The minimum atomic E-state index is 0.121. The number of thioether (sulfide) groups is 1. The highest BCUT2D eigenvalue weighted by Gasteiger charge is 2.22. The van der Waals surface area contributed by atoms with Gasteiger partial charge in [0, 0.05) is 25.0 Å². The molecular weight excluding hydrogens is 330 g/mol. The molecule has 1 saturated heterocycles. The zero-order valence-corrected chi connectivity index (χ0v) is 15.3. The maximum absolute atomic E-state index is 12.2. The van der Waals surface area contributed by atoms with Gasteiger partial charge in [0.2, 0.25) is 5.91 Å². The lowest BCUT2D eigenvalue weighted by Gasteiger charge is -2.32. The second kappa shape index (κ2) is 9.59. The molecule has 0 bridgehead atoms. The van der Waals surface area contributed by atoms with Gasteiger partial charge in [0.05, 0.1) is 11.6 Å². The van der Waals surface area contributed by atoms with E-state index < -0.39 is 0 Å². The van der Waals surface area contributed by atoms with Gasteiger partial charge in [-0.2, -0.15) is 0 Å². The molecule has 1 N–H and O–H groups in total. The number of likely N-dealkylation sites (tertiary alicyclic amines) is 1. The van der Waals surface area contributed by atoms with E-state index in [1.165, 1.54) is 12.0 Å². The lowest BCUT2D eigenvalue weighted by atomic mass is 9.91. The Labute approximate surface area is 154 Å². The Morgan fingerprint density at radius 2 is 2.04 bits per heavy atom. The third-order valence-electron chi connectivity index (χ3n) is 4.46. The SMILES string of the molecule is O=C(CN1CCC[C@@H](c2ccccc2)C1)NCCSc1ccccn1. The van der Waals surface area contributed by atoms with Crippen molar-refractivity contribution in [2.45, 2.75) is 23.8 Å². The fourth-order valence-corrected chi connectivity index (χ4v) is 3.96. The van der Waals surface area contributed by atoms with Crippen LogP contribution in [0.5, 0.6) is 0 Å². The third kappa shape index (κ3) is 5.87. The molecule has 5 heteroatoms. The number of aromatic nitrogens is 1. The maximum atomic E-state index is 12.2. The van der Waals surface area contributed by atoms with Crippen LogP contribution in [0.4, 0.5) is 0 Å². The second-order valence-corrected chi connectivity index (χ2v) is 7.47. The second-order valence-electron chi connectivity index (χ2n) is 6.35. The zero-order chi connectivity index (χ0) is 17.3. The normalized spacial score (nSPS) is 18.0. The monoisotopic (exact) mass is 355 g/mol. The summed E-state index contributed by atoms with van der Waals surface area (Å²) in [7, 11) is 0. The Balaban J connectivity index is 1.37. The highest BCUT2D eigenvalue weighted by atomic mass is 32.2. The van der Waals surface area contributed by atoms with E-state index >= 15 is 0 Å². The molecule has 132 valence electrons. The molecule has 3 rings (SSSR count). The number of nitrogens with zero attached hydrogens (tertiary/aromatic N) is 2. The molecule has 1 amide bonds. The maximum Gasteiger partial charge on any atom is 0.234 e. The predicted octanol–water partition coefficient (Wildman–Crippen LogP) is 3.17. The largest absolute Gasteiger partial charge is 0.354 e. The number of piperidine rings is 1. The molecule has 1 atom stereocenters. The summed E-state index contributed by atoms with van der Waals surface area (Å²) in [5.74, 6) is 1.51. The van der Waals surface area contributed by atoms with Crippen LogP contribution in [0.2, 0.25) is 0 Å². The highest BCUT2D eigenvalue weighted by molar-refractivity contribution is 7.99. The number of nitrogens with one attached hydrogen (secondary N) is 1. The standard InChI is InChI=1S/C20H25N3OS/c24-19(21-12-14-25-20-10-4-5-11-22-20)16-23-13-6-9-18(15-23)17-7-2-1-3-8-17/h1-5,7-8,10-11,18H,6,9,12-16H2,(H,21,24)/t18-/m1/s1. The summed E-state index contributed by atoms with van der Waals surface area (Å²) in [5, 5.41) is 4.02. The first kappa shape index (κ1) is 18.0. The number of hydrogen-bond donors (Lipinski definition) is 1. The smallest absolute Gasteiger partial charge is 0.234 e. The first-order chi connectivity index (χ1) is 12.3.